The van der Waals surface area contributed by atoms with Gasteiger partial charge in [-0.15, -0.1) is 0 Å². The molecule has 2 N–H and O–H groups in total. The van der Waals surface area contributed by atoms with Gasteiger partial charge in [0.2, 0.25) is 23.5 Å². The van der Waals surface area contributed by atoms with Crippen LogP contribution in [-0.4, -0.2) is 77.1 Å². The van der Waals surface area contributed by atoms with Crippen molar-refractivity contribution in [3.63, 3.8) is 0 Å². The number of aryl methyl sites for hydroxylation is 2. The number of benzene rings is 2. The van der Waals surface area contributed by atoms with Gasteiger partial charge in [0, 0.05) is 50.4 Å². The predicted molar refractivity (Wildman–Crippen MR) is 148 cm³/mol. The van der Waals surface area contributed by atoms with Crippen molar-refractivity contribution in [2.75, 3.05) is 38.5 Å². The summed E-state index contributed by atoms with van der Waals surface area (Å²) >= 11 is 0. The maximum atomic E-state index is 13.7. The fraction of sp³-hybridized carbons (Fsp3) is 0.448. The van der Waals surface area contributed by atoms with Crippen molar-refractivity contribution < 1.29 is 18.5 Å². The minimum atomic E-state index is -0.265. The first-order valence-electron chi connectivity index (χ1n) is 13.3. The number of fused-ring (bicyclic) bond motifs is 1. The third-order valence-corrected chi connectivity index (χ3v) is 7.09. The second-order valence-electron chi connectivity index (χ2n) is 10.4. The van der Waals surface area contributed by atoms with Crippen LogP contribution in [0.25, 0.3) is 11.4 Å². The van der Waals surface area contributed by atoms with E-state index in [4.69, 9.17) is 4.52 Å². The second-order valence-corrected chi connectivity index (χ2v) is 10.4. The third-order valence-electron chi connectivity index (χ3n) is 7.09. The van der Waals surface area contributed by atoms with E-state index in [0.29, 0.717) is 37.6 Å². The van der Waals surface area contributed by atoms with Gasteiger partial charge in [-0.05, 0) is 54.7 Å². The summed E-state index contributed by atoms with van der Waals surface area (Å²) in [5.74, 6) is 0.368. The molecule has 0 aliphatic heterocycles. The summed E-state index contributed by atoms with van der Waals surface area (Å²) in [6.07, 6.45) is 1.28. The normalized spacial score (nSPS) is 14.4. The Labute approximate surface area is 228 Å². The quantitative estimate of drug-likeness (QED) is 0.387. The molecule has 9 nitrogen and oxygen atoms in total. The van der Waals surface area contributed by atoms with Gasteiger partial charge in [0.05, 0.1) is 13.1 Å². The molecule has 0 saturated heterocycles. The number of aromatic nitrogens is 2. The molecular weight excluding hydrogens is 499 g/mol. The van der Waals surface area contributed by atoms with E-state index in [2.05, 4.69) is 20.8 Å². The van der Waals surface area contributed by atoms with Gasteiger partial charge in [-0.3, -0.25) is 9.59 Å². The predicted octanol–water partition coefficient (Wildman–Crippen LogP) is 3.36. The zero-order valence-corrected chi connectivity index (χ0v) is 23.3. The summed E-state index contributed by atoms with van der Waals surface area (Å²) in [6.45, 7) is 8.72. The van der Waals surface area contributed by atoms with Crippen LogP contribution in [0.5, 0.6) is 0 Å². The van der Waals surface area contributed by atoms with Gasteiger partial charge >= 0.3 is 0 Å². The molecule has 3 aromatic rings. The average Bonchev–Trinajstić information content (AvgIpc) is 3.52. The molecule has 0 bridgehead atoms. The van der Waals surface area contributed by atoms with Gasteiger partial charge in [-0.25, -0.2) is 4.39 Å². The molecule has 10 heteroatoms. The van der Waals surface area contributed by atoms with Gasteiger partial charge in [0.25, 0.3) is 0 Å². The van der Waals surface area contributed by atoms with Crippen LogP contribution in [-0.2, 0) is 22.4 Å². The number of rotatable bonds is 11. The molecule has 1 aromatic heterocycles. The molecule has 208 valence electrons. The Morgan fingerprint density at radius 2 is 1.87 bits per heavy atom. The summed E-state index contributed by atoms with van der Waals surface area (Å²) in [5.41, 5.74) is 4.52. The second kappa shape index (κ2) is 12.4. The summed E-state index contributed by atoms with van der Waals surface area (Å²) in [6, 6.07) is 10.7. The van der Waals surface area contributed by atoms with E-state index in [1.807, 2.05) is 39.0 Å². The lowest BCUT2D eigenvalue weighted by molar-refractivity contribution is -0.140. The Hall–Kier alpha value is -3.79. The van der Waals surface area contributed by atoms with Gasteiger partial charge in [0.15, 0.2) is 0 Å². The van der Waals surface area contributed by atoms with E-state index in [1.165, 1.54) is 6.07 Å². The van der Waals surface area contributed by atoms with Crippen LogP contribution in [0.2, 0.25) is 0 Å². The van der Waals surface area contributed by atoms with E-state index in [1.54, 1.807) is 35.9 Å². The number of carbonyl (C=O) groups is 2. The van der Waals surface area contributed by atoms with Crippen LogP contribution in [0.1, 0.15) is 36.4 Å². The number of hydrogen-bond donors (Lipinski definition) is 2. The highest BCUT2D eigenvalue weighted by atomic mass is 19.1. The molecule has 1 aliphatic carbocycles. The van der Waals surface area contributed by atoms with E-state index in [0.717, 1.165) is 27.9 Å². The van der Waals surface area contributed by atoms with Crippen molar-refractivity contribution in [2.45, 2.75) is 52.6 Å². The number of halogens is 1. The Morgan fingerprint density at radius 3 is 2.59 bits per heavy atom. The Kier molecular flexibility index (Phi) is 8.96. The zero-order chi connectivity index (χ0) is 28.1. The lowest BCUT2D eigenvalue weighted by Crippen LogP contribution is -2.48. The van der Waals surface area contributed by atoms with Crippen molar-refractivity contribution in [1.29, 1.82) is 0 Å². The summed E-state index contributed by atoms with van der Waals surface area (Å²) in [5, 5.41) is 10.5. The smallest absolute Gasteiger partial charge is 0.242 e. The first-order chi connectivity index (χ1) is 18.6. The molecule has 2 aromatic carbocycles. The molecule has 0 spiro atoms. The topological polar surface area (TPSA) is 104 Å². The van der Waals surface area contributed by atoms with Crippen LogP contribution < -0.4 is 10.6 Å². The van der Waals surface area contributed by atoms with Crippen LogP contribution in [0.3, 0.4) is 0 Å². The fourth-order valence-electron chi connectivity index (χ4n) is 4.75. The SMILES string of the molecule is Cc1nc(-c2ccc(C)c(NCC(=O)N(CCNC(C)C)CC(=O)N(C)C3Cc4ccc(F)cc4C3)c2)no1. The average molecular weight is 537 g/mol. The molecule has 1 unspecified atom stereocenters. The largest absolute Gasteiger partial charge is 0.376 e. The number of carbonyl (C=O) groups excluding carboxylic acids is 2. The number of likely N-dealkylation sites (N-methyl/N-ethyl adjacent to an activating group) is 1. The molecule has 1 atom stereocenters. The van der Waals surface area contributed by atoms with Crippen molar-refractivity contribution >= 4 is 17.5 Å². The maximum absolute atomic E-state index is 13.7. The minimum absolute atomic E-state index is 0.0286. The number of amides is 2. The molecule has 0 saturated carbocycles. The van der Waals surface area contributed by atoms with Crippen LogP contribution in [0.15, 0.2) is 40.9 Å². The van der Waals surface area contributed by atoms with Crippen LogP contribution in [0.4, 0.5) is 10.1 Å². The van der Waals surface area contributed by atoms with E-state index >= 15 is 0 Å². The third kappa shape index (κ3) is 7.20. The molecule has 1 heterocycles. The van der Waals surface area contributed by atoms with Crippen molar-refractivity contribution in [1.82, 2.24) is 25.3 Å². The Morgan fingerprint density at radius 1 is 1.10 bits per heavy atom. The van der Waals surface area contributed by atoms with E-state index in [-0.39, 0.29) is 42.8 Å². The number of nitrogens with zero attached hydrogens (tertiary/aromatic N) is 4. The van der Waals surface area contributed by atoms with Gasteiger partial charge in [0.1, 0.15) is 5.82 Å². The van der Waals surface area contributed by atoms with Gasteiger partial charge in [-0.2, -0.15) is 4.98 Å². The van der Waals surface area contributed by atoms with Crippen molar-refractivity contribution in [3.8, 4) is 11.4 Å². The number of anilines is 1. The lowest BCUT2D eigenvalue weighted by atomic mass is 10.1. The Bertz CT molecular complexity index is 1320. The molecule has 0 radical (unpaired) electrons. The molecule has 4 rings (SSSR count). The van der Waals surface area contributed by atoms with Crippen molar-refractivity contribution in [3.05, 3.63) is 64.8 Å². The lowest BCUT2D eigenvalue weighted by Gasteiger charge is -2.29. The zero-order valence-electron chi connectivity index (χ0n) is 23.3. The Balaban J connectivity index is 1.40. The molecule has 1 aliphatic rings. The van der Waals surface area contributed by atoms with Crippen molar-refractivity contribution in [2.24, 2.45) is 0 Å². The highest BCUT2D eigenvalue weighted by Crippen LogP contribution is 2.26. The number of nitrogens with one attached hydrogen (secondary N) is 2. The van der Waals surface area contributed by atoms with Crippen LogP contribution in [0, 0.1) is 19.7 Å². The highest BCUT2D eigenvalue weighted by molar-refractivity contribution is 5.87. The summed E-state index contributed by atoms with van der Waals surface area (Å²) < 4.78 is 18.8. The van der Waals surface area contributed by atoms with Gasteiger partial charge < -0.3 is 25.0 Å². The summed E-state index contributed by atoms with van der Waals surface area (Å²) in [7, 11) is 1.76. The number of hydrogen-bond acceptors (Lipinski definition) is 7. The first-order valence-corrected chi connectivity index (χ1v) is 13.3. The highest BCUT2D eigenvalue weighted by Gasteiger charge is 2.29. The van der Waals surface area contributed by atoms with E-state index < -0.39 is 0 Å². The van der Waals surface area contributed by atoms with E-state index in [9.17, 15) is 14.0 Å². The van der Waals surface area contributed by atoms with Gasteiger partial charge in [-0.1, -0.05) is 37.2 Å². The fourth-order valence-corrected chi connectivity index (χ4v) is 4.75. The minimum Gasteiger partial charge on any atom is -0.376 e. The molecule has 2 amide bonds. The van der Waals surface area contributed by atoms with Crippen LogP contribution >= 0.6 is 0 Å². The first kappa shape index (κ1) is 28.2. The molecule has 0 fully saturated rings. The summed E-state index contributed by atoms with van der Waals surface area (Å²) in [4.78, 5) is 34.2. The maximum Gasteiger partial charge on any atom is 0.242 e. The monoisotopic (exact) mass is 536 g/mol. The molecule has 39 heavy (non-hydrogen) atoms. The molecular formula is C29H37FN6O3. The standard InChI is InChI=1S/C29H37FN6O3/c1-18(2)31-10-11-36(17-28(38)35(5)25-13-21-8-9-24(30)12-23(21)14-25)27(37)16-32-26-15-22(7-6-19(26)3)29-33-20(4)39-34-29/h6-9,12,15,18,25,31-32H,10-11,13-14,16-17H2,1-5H3.